The van der Waals surface area contributed by atoms with Gasteiger partial charge < -0.3 is 4.74 Å². The Balaban J connectivity index is 1.50. The molecule has 1 N–H and O–H groups in total. The van der Waals surface area contributed by atoms with Crippen LogP contribution in [0.25, 0.3) is 0 Å². The van der Waals surface area contributed by atoms with Gasteiger partial charge in [0.25, 0.3) is 0 Å². The third-order valence-corrected chi connectivity index (χ3v) is 6.03. The Labute approximate surface area is 148 Å². The first-order valence-corrected chi connectivity index (χ1v) is 8.85. The van der Waals surface area contributed by atoms with E-state index in [2.05, 4.69) is 48.3 Å². The highest BCUT2D eigenvalue weighted by molar-refractivity contribution is 5.85. The summed E-state index contributed by atoms with van der Waals surface area (Å²) in [5.41, 5.74) is 0.916. The molecule has 2 aliphatic heterocycles. The molecule has 0 aromatic heterocycles. The zero-order valence-corrected chi connectivity index (χ0v) is 15.0. The number of carbonyl (C=O) groups is 1. The molecule has 0 saturated carbocycles. The first kappa shape index (κ1) is 16.4. The smallest absolute Gasteiger partial charge is 0.410 e. The van der Waals surface area contributed by atoms with Gasteiger partial charge >= 0.3 is 6.09 Å². The Bertz CT molecular complexity index is 730. The molecule has 3 unspecified atom stereocenters. The van der Waals surface area contributed by atoms with Gasteiger partial charge in [-0.15, -0.1) is 0 Å². The normalized spacial score (nSPS) is 34.4. The van der Waals surface area contributed by atoms with E-state index in [1.165, 1.54) is 0 Å². The molecule has 1 aromatic rings. The maximum atomic E-state index is 12.2. The number of likely N-dealkylation sites (N-methyl/N-ethyl adjacent to an activating group) is 1. The zero-order chi connectivity index (χ0) is 17.6. The molecule has 1 amide bonds. The maximum Gasteiger partial charge on any atom is 0.417 e. The number of nitrogens with one attached hydrogen (secondary N) is 1. The van der Waals surface area contributed by atoms with Gasteiger partial charge in [-0.05, 0) is 51.3 Å². The van der Waals surface area contributed by atoms with Gasteiger partial charge in [0, 0.05) is 23.1 Å². The van der Waals surface area contributed by atoms with Crippen LogP contribution in [0.2, 0.25) is 0 Å². The van der Waals surface area contributed by atoms with Crippen LogP contribution in [0.3, 0.4) is 0 Å². The minimum Gasteiger partial charge on any atom is -0.410 e. The number of carbonyl (C=O) groups excluding carboxylic acids is 1. The molecule has 5 heteroatoms. The van der Waals surface area contributed by atoms with Gasteiger partial charge in [-0.1, -0.05) is 31.2 Å². The standard InChI is InChI=1S/C20H25N3O2/c1-20-11-12-22(2)18(20)23(3)17-10-9-15(13-16(17)20)25-19(24)21-14-7-5-4-6-8-14/h4-10,13,16-18H,11-12H2,1-3H3,(H,21,24)/t16?,17?,18?,20-/m0/s1. The fourth-order valence-electron chi connectivity index (χ4n) is 4.90. The largest absolute Gasteiger partial charge is 0.417 e. The van der Waals surface area contributed by atoms with E-state index < -0.39 is 6.09 Å². The SMILES string of the molecule is CN1CC[C@@]2(C)C3C=C(OC(=O)Nc4ccccc4)C=CC3N(C)C12. The number of amides is 1. The number of ether oxygens (including phenoxy) is 1. The van der Waals surface area contributed by atoms with Crippen LogP contribution in [-0.2, 0) is 4.74 Å². The minimum atomic E-state index is -0.447. The first-order chi connectivity index (χ1) is 12.0. The fourth-order valence-corrected chi connectivity index (χ4v) is 4.90. The van der Waals surface area contributed by atoms with Crippen molar-refractivity contribution in [3.8, 4) is 0 Å². The number of para-hydroxylation sites is 1. The fraction of sp³-hybridized carbons (Fsp3) is 0.450. The Morgan fingerprint density at radius 1 is 1.28 bits per heavy atom. The lowest BCUT2D eigenvalue weighted by Gasteiger charge is -2.32. The van der Waals surface area contributed by atoms with Gasteiger partial charge in [0.15, 0.2) is 0 Å². The second-order valence-corrected chi connectivity index (χ2v) is 7.60. The molecule has 2 saturated heterocycles. The van der Waals surface area contributed by atoms with E-state index in [1.807, 2.05) is 36.4 Å². The van der Waals surface area contributed by atoms with E-state index in [0.717, 1.165) is 18.7 Å². The summed E-state index contributed by atoms with van der Waals surface area (Å²) < 4.78 is 5.55. The number of benzene rings is 1. The van der Waals surface area contributed by atoms with Crippen LogP contribution in [0.4, 0.5) is 10.5 Å². The molecule has 3 aliphatic rings. The van der Waals surface area contributed by atoms with Crippen LogP contribution in [0.5, 0.6) is 0 Å². The highest BCUT2D eigenvalue weighted by Gasteiger charge is 2.58. The lowest BCUT2D eigenvalue weighted by Crippen LogP contribution is -2.43. The highest BCUT2D eigenvalue weighted by atomic mass is 16.6. The third-order valence-electron chi connectivity index (χ3n) is 6.03. The zero-order valence-electron chi connectivity index (χ0n) is 15.0. The predicted octanol–water partition coefficient (Wildman–Crippen LogP) is 3.29. The molecule has 2 fully saturated rings. The van der Waals surface area contributed by atoms with Gasteiger partial charge in [-0.2, -0.15) is 0 Å². The van der Waals surface area contributed by atoms with E-state index in [9.17, 15) is 4.79 Å². The number of likely N-dealkylation sites (tertiary alicyclic amines) is 2. The molecule has 0 radical (unpaired) electrons. The van der Waals surface area contributed by atoms with E-state index in [4.69, 9.17) is 4.74 Å². The van der Waals surface area contributed by atoms with E-state index in [1.54, 1.807) is 0 Å². The number of nitrogens with zero attached hydrogens (tertiary/aromatic N) is 2. The highest BCUT2D eigenvalue weighted by Crippen LogP contribution is 2.53. The summed E-state index contributed by atoms with van der Waals surface area (Å²) in [6, 6.07) is 9.72. The molecule has 4 rings (SSSR count). The van der Waals surface area contributed by atoms with Crippen LogP contribution in [0, 0.1) is 11.3 Å². The second-order valence-electron chi connectivity index (χ2n) is 7.60. The predicted molar refractivity (Wildman–Crippen MR) is 98.0 cm³/mol. The average Bonchev–Trinajstić information content (AvgIpc) is 3.01. The minimum absolute atomic E-state index is 0.184. The number of fused-ring (bicyclic) bond motifs is 3. The molecule has 1 aromatic carbocycles. The summed E-state index contributed by atoms with van der Waals surface area (Å²) in [7, 11) is 4.39. The Hall–Kier alpha value is -2.11. The van der Waals surface area contributed by atoms with Crippen molar-refractivity contribution in [2.45, 2.75) is 25.6 Å². The molecule has 132 valence electrons. The number of allylic oxidation sites excluding steroid dienone is 1. The third kappa shape index (κ3) is 2.68. The molecule has 1 aliphatic carbocycles. The van der Waals surface area contributed by atoms with Crippen molar-refractivity contribution < 1.29 is 9.53 Å². The number of hydrogen-bond acceptors (Lipinski definition) is 4. The van der Waals surface area contributed by atoms with E-state index in [0.29, 0.717) is 23.9 Å². The summed E-state index contributed by atoms with van der Waals surface area (Å²) in [6.07, 6.45) is 7.39. The van der Waals surface area contributed by atoms with Crippen molar-refractivity contribution in [3.05, 3.63) is 54.3 Å². The molecule has 25 heavy (non-hydrogen) atoms. The van der Waals surface area contributed by atoms with Crippen LogP contribution >= 0.6 is 0 Å². The van der Waals surface area contributed by atoms with Crippen molar-refractivity contribution in [1.29, 1.82) is 0 Å². The van der Waals surface area contributed by atoms with Gasteiger partial charge in [0.2, 0.25) is 0 Å². The monoisotopic (exact) mass is 339 g/mol. The van der Waals surface area contributed by atoms with Crippen LogP contribution in [0.15, 0.2) is 54.3 Å². The van der Waals surface area contributed by atoms with Crippen LogP contribution < -0.4 is 5.32 Å². The van der Waals surface area contributed by atoms with Crippen molar-refractivity contribution in [2.24, 2.45) is 11.3 Å². The maximum absolute atomic E-state index is 12.2. The van der Waals surface area contributed by atoms with Crippen molar-refractivity contribution in [3.63, 3.8) is 0 Å². The summed E-state index contributed by atoms with van der Waals surface area (Å²) in [6.45, 7) is 3.47. The van der Waals surface area contributed by atoms with Gasteiger partial charge in [-0.25, -0.2) is 4.79 Å². The second kappa shape index (κ2) is 6.00. The quantitative estimate of drug-likeness (QED) is 0.898. The van der Waals surface area contributed by atoms with Crippen molar-refractivity contribution >= 4 is 11.8 Å². The number of hydrogen-bond donors (Lipinski definition) is 1. The molecule has 2 heterocycles. The summed E-state index contributed by atoms with van der Waals surface area (Å²) in [4.78, 5) is 17.1. The molecule has 5 nitrogen and oxygen atoms in total. The Morgan fingerprint density at radius 2 is 2.04 bits per heavy atom. The lowest BCUT2D eigenvalue weighted by atomic mass is 9.73. The lowest BCUT2D eigenvalue weighted by molar-refractivity contribution is 0.0982. The molecule has 0 bridgehead atoms. The van der Waals surface area contributed by atoms with E-state index >= 15 is 0 Å². The molecule has 4 atom stereocenters. The van der Waals surface area contributed by atoms with E-state index in [-0.39, 0.29) is 5.41 Å². The van der Waals surface area contributed by atoms with Crippen LogP contribution in [0.1, 0.15) is 13.3 Å². The molecule has 0 spiro atoms. The molecular weight excluding hydrogens is 314 g/mol. The molecular formula is C20H25N3O2. The number of anilines is 1. The topological polar surface area (TPSA) is 44.8 Å². The van der Waals surface area contributed by atoms with Gasteiger partial charge in [-0.3, -0.25) is 15.1 Å². The van der Waals surface area contributed by atoms with Gasteiger partial charge in [0.1, 0.15) is 5.76 Å². The Morgan fingerprint density at radius 3 is 2.80 bits per heavy atom. The average molecular weight is 339 g/mol. The van der Waals surface area contributed by atoms with Crippen LogP contribution in [-0.4, -0.2) is 48.7 Å². The van der Waals surface area contributed by atoms with Crippen molar-refractivity contribution in [1.82, 2.24) is 9.80 Å². The summed E-state index contributed by atoms with van der Waals surface area (Å²) in [5, 5.41) is 2.77. The number of rotatable bonds is 2. The van der Waals surface area contributed by atoms with Crippen molar-refractivity contribution in [2.75, 3.05) is 26.0 Å². The summed E-state index contributed by atoms with van der Waals surface area (Å²) >= 11 is 0. The Kier molecular flexibility index (Phi) is 3.93. The van der Waals surface area contributed by atoms with Gasteiger partial charge in [0.05, 0.1) is 6.17 Å². The summed E-state index contributed by atoms with van der Waals surface area (Å²) in [5.74, 6) is 0.997. The first-order valence-electron chi connectivity index (χ1n) is 8.85.